The van der Waals surface area contributed by atoms with Crippen LogP contribution in [0.25, 0.3) is 0 Å². The van der Waals surface area contributed by atoms with Crippen molar-refractivity contribution < 1.29 is 9.53 Å². The fraction of sp³-hybridized carbons (Fsp3) is 0.364. The summed E-state index contributed by atoms with van der Waals surface area (Å²) in [5.41, 5.74) is 1.08. The Labute approximate surface area is 98.1 Å². The second-order valence-electron chi connectivity index (χ2n) is 3.68. The number of carbonyl (C=O) groups excluding carboxylic acids is 1. The average Bonchev–Trinajstić information content (AvgIpc) is 2.75. The number of benzene rings is 1. The van der Waals surface area contributed by atoms with Crippen molar-refractivity contribution in [1.82, 2.24) is 0 Å². The maximum absolute atomic E-state index is 10.7. The highest BCUT2D eigenvalue weighted by molar-refractivity contribution is 6.51. The lowest BCUT2D eigenvalue weighted by Gasteiger charge is -2.03. The summed E-state index contributed by atoms with van der Waals surface area (Å²) in [6, 6.07) is 7.27. The topological polar surface area (TPSA) is 26.3 Å². The normalized spacial score (nSPS) is 22.2. The van der Waals surface area contributed by atoms with Crippen molar-refractivity contribution >= 4 is 29.2 Å². The van der Waals surface area contributed by atoms with E-state index in [1.165, 1.54) is 6.92 Å². The summed E-state index contributed by atoms with van der Waals surface area (Å²) in [5, 5.41) is 0. The molecule has 0 N–H and O–H groups in total. The van der Waals surface area contributed by atoms with Gasteiger partial charge in [0.2, 0.25) is 0 Å². The predicted octanol–water partition coefficient (Wildman–Crippen LogP) is 3.27. The molecule has 15 heavy (non-hydrogen) atoms. The standard InChI is InChI=1S/C11H10Cl2O2/c1-7(14)15-9-4-2-8(3-5-9)10-6-11(10,12)13/h2-5,10H,6H2,1H3/t10-/m0/s1. The van der Waals surface area contributed by atoms with Gasteiger partial charge in [-0.05, 0) is 24.1 Å². The van der Waals surface area contributed by atoms with Crippen LogP contribution in [-0.2, 0) is 4.79 Å². The Morgan fingerprint density at radius 3 is 2.33 bits per heavy atom. The van der Waals surface area contributed by atoms with Crippen molar-refractivity contribution in [1.29, 1.82) is 0 Å². The molecule has 0 unspecified atom stereocenters. The van der Waals surface area contributed by atoms with E-state index in [1.807, 2.05) is 12.1 Å². The summed E-state index contributed by atoms with van der Waals surface area (Å²) in [5.74, 6) is 0.423. The zero-order valence-corrected chi connectivity index (χ0v) is 9.68. The van der Waals surface area contributed by atoms with Gasteiger partial charge in [-0.15, -0.1) is 23.2 Å². The van der Waals surface area contributed by atoms with E-state index in [2.05, 4.69) is 0 Å². The van der Waals surface area contributed by atoms with Crippen LogP contribution in [0.15, 0.2) is 24.3 Å². The molecule has 1 saturated carbocycles. The molecular weight excluding hydrogens is 235 g/mol. The van der Waals surface area contributed by atoms with E-state index < -0.39 is 4.33 Å². The van der Waals surface area contributed by atoms with Gasteiger partial charge in [-0.1, -0.05) is 12.1 Å². The van der Waals surface area contributed by atoms with Crippen molar-refractivity contribution in [2.45, 2.75) is 23.6 Å². The van der Waals surface area contributed by atoms with E-state index >= 15 is 0 Å². The molecule has 1 aromatic rings. The molecule has 1 aliphatic carbocycles. The minimum atomic E-state index is -0.608. The van der Waals surface area contributed by atoms with Crippen LogP contribution in [0.3, 0.4) is 0 Å². The summed E-state index contributed by atoms with van der Waals surface area (Å²) < 4.78 is 4.31. The molecule has 0 aliphatic heterocycles. The number of esters is 1. The first-order chi connectivity index (χ1) is 6.99. The van der Waals surface area contributed by atoms with Gasteiger partial charge in [0.25, 0.3) is 0 Å². The second kappa shape index (κ2) is 3.69. The van der Waals surface area contributed by atoms with Crippen molar-refractivity contribution in [3.8, 4) is 5.75 Å². The molecule has 4 heteroatoms. The van der Waals surface area contributed by atoms with Crippen LogP contribution < -0.4 is 4.74 Å². The number of halogens is 2. The minimum Gasteiger partial charge on any atom is -0.427 e. The molecule has 1 aliphatic rings. The zero-order chi connectivity index (χ0) is 11.1. The lowest BCUT2D eigenvalue weighted by molar-refractivity contribution is -0.131. The smallest absolute Gasteiger partial charge is 0.308 e. The molecule has 2 nitrogen and oxygen atoms in total. The number of hydrogen-bond acceptors (Lipinski definition) is 2. The van der Waals surface area contributed by atoms with Crippen LogP contribution in [0.2, 0.25) is 0 Å². The molecule has 0 amide bonds. The molecule has 0 aromatic heterocycles. The second-order valence-corrected chi connectivity index (χ2v) is 5.22. The van der Waals surface area contributed by atoms with Crippen LogP contribution in [0.1, 0.15) is 24.8 Å². The van der Waals surface area contributed by atoms with E-state index in [-0.39, 0.29) is 11.9 Å². The van der Waals surface area contributed by atoms with Gasteiger partial charge in [0.1, 0.15) is 10.1 Å². The van der Waals surface area contributed by atoms with Gasteiger partial charge in [0.15, 0.2) is 0 Å². The van der Waals surface area contributed by atoms with Gasteiger partial charge in [-0.25, -0.2) is 0 Å². The maximum atomic E-state index is 10.7. The number of alkyl halides is 2. The van der Waals surface area contributed by atoms with Crippen molar-refractivity contribution in [3.05, 3.63) is 29.8 Å². The van der Waals surface area contributed by atoms with Gasteiger partial charge < -0.3 is 4.74 Å². The molecule has 0 saturated heterocycles. The van der Waals surface area contributed by atoms with Crippen LogP contribution in [-0.4, -0.2) is 10.3 Å². The van der Waals surface area contributed by atoms with Gasteiger partial charge in [-0.2, -0.15) is 0 Å². The molecule has 0 spiro atoms. The monoisotopic (exact) mass is 244 g/mol. The molecule has 1 fully saturated rings. The van der Waals surface area contributed by atoms with Crippen molar-refractivity contribution in [3.63, 3.8) is 0 Å². The molecule has 0 heterocycles. The molecular formula is C11H10Cl2O2. The highest BCUT2D eigenvalue weighted by Crippen LogP contribution is 2.59. The predicted molar refractivity (Wildman–Crippen MR) is 59.5 cm³/mol. The summed E-state index contributed by atoms with van der Waals surface area (Å²) in [6.45, 7) is 1.37. The Hall–Kier alpha value is -0.730. The maximum Gasteiger partial charge on any atom is 0.308 e. The first kappa shape index (κ1) is 10.8. The van der Waals surface area contributed by atoms with Crippen LogP contribution in [0.4, 0.5) is 0 Å². The quantitative estimate of drug-likeness (QED) is 0.454. The van der Waals surface area contributed by atoms with E-state index in [9.17, 15) is 4.79 Å². The Balaban J connectivity index is 2.08. The molecule has 1 atom stereocenters. The largest absolute Gasteiger partial charge is 0.427 e. The first-order valence-corrected chi connectivity index (χ1v) is 5.41. The number of carbonyl (C=O) groups is 1. The van der Waals surface area contributed by atoms with Crippen molar-refractivity contribution in [2.24, 2.45) is 0 Å². The third-order valence-electron chi connectivity index (χ3n) is 2.37. The fourth-order valence-corrected chi connectivity index (χ4v) is 2.07. The number of rotatable bonds is 2. The Kier molecular flexibility index (Phi) is 2.65. The van der Waals surface area contributed by atoms with Gasteiger partial charge in [0.05, 0.1) is 0 Å². The van der Waals surface area contributed by atoms with E-state index in [0.29, 0.717) is 5.75 Å². The third-order valence-corrected chi connectivity index (χ3v) is 3.21. The summed E-state index contributed by atoms with van der Waals surface area (Å²) in [7, 11) is 0. The van der Waals surface area contributed by atoms with E-state index in [4.69, 9.17) is 27.9 Å². The first-order valence-electron chi connectivity index (χ1n) is 4.65. The van der Waals surface area contributed by atoms with Crippen molar-refractivity contribution in [2.75, 3.05) is 0 Å². The molecule has 0 radical (unpaired) electrons. The summed E-state index contributed by atoms with van der Waals surface area (Å²) in [6.07, 6.45) is 0.781. The molecule has 1 aromatic carbocycles. The molecule has 0 bridgehead atoms. The lowest BCUT2D eigenvalue weighted by Crippen LogP contribution is -2.01. The Morgan fingerprint density at radius 2 is 1.93 bits per heavy atom. The van der Waals surface area contributed by atoms with Gasteiger partial charge >= 0.3 is 5.97 Å². The van der Waals surface area contributed by atoms with Crippen LogP contribution in [0.5, 0.6) is 5.75 Å². The number of hydrogen-bond donors (Lipinski definition) is 0. The lowest BCUT2D eigenvalue weighted by atomic mass is 10.1. The van der Waals surface area contributed by atoms with E-state index in [0.717, 1.165) is 12.0 Å². The van der Waals surface area contributed by atoms with Gasteiger partial charge in [0, 0.05) is 12.8 Å². The highest BCUT2D eigenvalue weighted by Gasteiger charge is 2.52. The molecule has 2 rings (SSSR count). The summed E-state index contributed by atoms with van der Waals surface area (Å²) in [4.78, 5) is 10.7. The number of ether oxygens (including phenoxy) is 1. The van der Waals surface area contributed by atoms with Crippen LogP contribution in [0, 0.1) is 0 Å². The highest BCUT2D eigenvalue weighted by atomic mass is 35.5. The zero-order valence-electron chi connectivity index (χ0n) is 8.17. The Bertz CT molecular complexity index is 384. The van der Waals surface area contributed by atoms with Crippen LogP contribution >= 0.6 is 23.2 Å². The summed E-state index contributed by atoms with van der Waals surface area (Å²) >= 11 is 11.9. The SMILES string of the molecule is CC(=O)Oc1ccc([C@@H]2CC2(Cl)Cl)cc1. The van der Waals surface area contributed by atoms with E-state index in [1.54, 1.807) is 12.1 Å². The fourth-order valence-electron chi connectivity index (χ4n) is 1.51. The average molecular weight is 245 g/mol. The molecule has 80 valence electrons. The Morgan fingerprint density at radius 1 is 1.40 bits per heavy atom. The van der Waals surface area contributed by atoms with Gasteiger partial charge in [-0.3, -0.25) is 4.79 Å². The minimum absolute atomic E-state index is 0.201. The third kappa shape index (κ3) is 2.44.